The van der Waals surface area contributed by atoms with Crippen molar-refractivity contribution in [3.8, 4) is 0 Å². The van der Waals surface area contributed by atoms with E-state index in [4.69, 9.17) is 11.6 Å². The Morgan fingerprint density at radius 2 is 1.70 bits per heavy atom. The Kier molecular flexibility index (Phi) is 6.48. The van der Waals surface area contributed by atoms with Gasteiger partial charge in [0.25, 0.3) is 5.69 Å². The van der Waals surface area contributed by atoms with Gasteiger partial charge in [-0.15, -0.1) is 0 Å². The molecule has 1 atom stereocenters. The minimum absolute atomic E-state index is 0.0457. The molecule has 0 radical (unpaired) electrons. The van der Waals surface area contributed by atoms with Crippen LogP contribution in [-0.2, 0) is 26.2 Å². The van der Waals surface area contributed by atoms with Crippen LogP contribution in [-0.4, -0.2) is 71.5 Å². The lowest BCUT2D eigenvalue weighted by Crippen LogP contribution is -2.53. The lowest BCUT2D eigenvalue weighted by atomic mass is 10.2. The second kappa shape index (κ2) is 9.18. The monoisotopic (exact) mass is 492 g/mol. The maximum Gasteiger partial charge on any atom is 0.270 e. The molecule has 10 nitrogen and oxygen atoms in total. The van der Waals surface area contributed by atoms with Gasteiger partial charge in [0.2, 0.25) is 21.8 Å². The molecule has 0 unspecified atom stereocenters. The number of nitro groups is 1. The number of nitrogens with zero attached hydrogens (tertiary/aromatic N) is 4. The first-order chi connectivity index (χ1) is 15.7. The summed E-state index contributed by atoms with van der Waals surface area (Å²) in [6.07, 6.45) is 0.0457. The first-order valence-electron chi connectivity index (χ1n) is 10.2. The van der Waals surface area contributed by atoms with Crippen molar-refractivity contribution in [1.82, 2.24) is 14.1 Å². The summed E-state index contributed by atoms with van der Waals surface area (Å²) in [6.45, 7) is 0.923. The molecule has 0 N–H and O–H groups in total. The fraction of sp³-hybridized carbons (Fsp3) is 0.333. The summed E-state index contributed by atoms with van der Waals surface area (Å²) in [7, 11) is -3.92. The standard InChI is InChI=1S/C21H21ClN4O6S/c22-16-6-4-15(5-7-16)14-25-20(27)13-19(21(25)28)23-8-10-24(11-9-23)33(31,32)18-3-1-2-17(12-18)26(29)30/h1-7,12,19H,8-11,13-14H2/t19-/m1/s1. The van der Waals surface area contributed by atoms with Gasteiger partial charge in [0, 0.05) is 43.3 Å². The van der Waals surface area contributed by atoms with E-state index in [1.165, 1.54) is 27.4 Å². The Balaban J connectivity index is 1.41. The number of benzene rings is 2. The summed E-state index contributed by atoms with van der Waals surface area (Å²) in [6, 6.07) is 11.2. The van der Waals surface area contributed by atoms with E-state index in [2.05, 4.69) is 0 Å². The molecule has 2 fully saturated rings. The number of piperazine rings is 1. The van der Waals surface area contributed by atoms with Gasteiger partial charge >= 0.3 is 0 Å². The summed E-state index contributed by atoms with van der Waals surface area (Å²) in [5.74, 6) is -0.573. The van der Waals surface area contributed by atoms with Crippen LogP contribution in [0.2, 0.25) is 5.02 Å². The third-order valence-corrected chi connectivity index (χ3v) is 8.00. The van der Waals surface area contributed by atoms with Crippen LogP contribution >= 0.6 is 11.6 Å². The first kappa shape index (κ1) is 23.3. The van der Waals surface area contributed by atoms with Gasteiger partial charge in [0.05, 0.1) is 28.8 Å². The van der Waals surface area contributed by atoms with E-state index in [1.54, 1.807) is 24.3 Å². The average molecular weight is 493 g/mol. The van der Waals surface area contributed by atoms with Gasteiger partial charge in [0.15, 0.2) is 0 Å². The van der Waals surface area contributed by atoms with Gasteiger partial charge in [0.1, 0.15) is 0 Å². The van der Waals surface area contributed by atoms with Crippen LogP contribution in [0.1, 0.15) is 12.0 Å². The topological polar surface area (TPSA) is 121 Å². The zero-order chi connectivity index (χ0) is 23.8. The van der Waals surface area contributed by atoms with E-state index >= 15 is 0 Å². The molecule has 12 heteroatoms. The SMILES string of the molecule is O=C1C[C@@H](N2CCN(S(=O)(=O)c3cccc([N+](=O)[O-])c3)CC2)C(=O)N1Cc1ccc(Cl)cc1. The summed E-state index contributed by atoms with van der Waals surface area (Å²) in [5.41, 5.74) is 0.486. The zero-order valence-corrected chi connectivity index (χ0v) is 19.0. The third kappa shape index (κ3) is 4.76. The molecular weight excluding hydrogens is 472 g/mol. The Hall–Kier alpha value is -2.86. The second-order valence-electron chi connectivity index (χ2n) is 7.86. The number of likely N-dealkylation sites (tertiary alicyclic amines) is 1. The molecule has 2 heterocycles. The molecule has 2 saturated heterocycles. The van der Waals surface area contributed by atoms with Crippen LogP contribution in [0.3, 0.4) is 0 Å². The fourth-order valence-electron chi connectivity index (χ4n) is 4.05. The van der Waals surface area contributed by atoms with Crippen molar-refractivity contribution in [3.63, 3.8) is 0 Å². The Morgan fingerprint density at radius 1 is 1.03 bits per heavy atom. The summed E-state index contributed by atoms with van der Waals surface area (Å²) < 4.78 is 27.1. The smallest absolute Gasteiger partial charge is 0.270 e. The maximum atomic E-state index is 12.9. The highest BCUT2D eigenvalue weighted by atomic mass is 35.5. The maximum absolute atomic E-state index is 12.9. The van der Waals surface area contributed by atoms with E-state index in [9.17, 15) is 28.1 Å². The molecule has 2 aromatic rings. The van der Waals surface area contributed by atoms with Gasteiger partial charge in [-0.05, 0) is 23.8 Å². The van der Waals surface area contributed by atoms with Gasteiger partial charge in [-0.2, -0.15) is 4.31 Å². The van der Waals surface area contributed by atoms with Crippen molar-refractivity contribution < 1.29 is 22.9 Å². The van der Waals surface area contributed by atoms with Gasteiger partial charge < -0.3 is 0 Å². The van der Waals surface area contributed by atoms with Crippen molar-refractivity contribution in [2.45, 2.75) is 23.9 Å². The summed E-state index contributed by atoms with van der Waals surface area (Å²) >= 11 is 5.88. The first-order valence-corrected chi connectivity index (χ1v) is 12.1. The van der Waals surface area contributed by atoms with Gasteiger partial charge in [-0.25, -0.2) is 8.42 Å². The molecule has 2 aromatic carbocycles. The van der Waals surface area contributed by atoms with Crippen molar-refractivity contribution in [1.29, 1.82) is 0 Å². The highest BCUT2D eigenvalue weighted by Crippen LogP contribution is 2.26. The molecule has 0 bridgehead atoms. The zero-order valence-electron chi connectivity index (χ0n) is 17.5. The summed E-state index contributed by atoms with van der Waals surface area (Å²) in [5, 5.41) is 11.5. The highest BCUT2D eigenvalue weighted by Gasteiger charge is 2.43. The summed E-state index contributed by atoms with van der Waals surface area (Å²) in [4.78, 5) is 38.7. The number of nitro benzene ring substituents is 1. The lowest BCUT2D eigenvalue weighted by Gasteiger charge is -2.36. The average Bonchev–Trinajstić information content (AvgIpc) is 3.09. The van der Waals surface area contributed by atoms with E-state index < -0.39 is 21.0 Å². The number of non-ortho nitro benzene ring substituents is 1. The highest BCUT2D eigenvalue weighted by molar-refractivity contribution is 7.89. The van der Waals surface area contributed by atoms with E-state index in [-0.39, 0.29) is 61.5 Å². The molecule has 174 valence electrons. The van der Waals surface area contributed by atoms with E-state index in [0.717, 1.165) is 11.6 Å². The molecule has 4 rings (SSSR count). The van der Waals surface area contributed by atoms with Crippen LogP contribution in [0.5, 0.6) is 0 Å². The quantitative estimate of drug-likeness (QED) is 0.343. The molecule has 33 heavy (non-hydrogen) atoms. The molecule has 0 spiro atoms. The van der Waals surface area contributed by atoms with Crippen LogP contribution < -0.4 is 0 Å². The van der Waals surface area contributed by atoms with Crippen LogP contribution in [0.25, 0.3) is 0 Å². The Morgan fingerprint density at radius 3 is 2.33 bits per heavy atom. The number of rotatable bonds is 6. The molecule has 0 aromatic heterocycles. The van der Waals surface area contributed by atoms with Crippen LogP contribution in [0.15, 0.2) is 53.4 Å². The van der Waals surface area contributed by atoms with Crippen LogP contribution in [0.4, 0.5) is 5.69 Å². The van der Waals surface area contributed by atoms with E-state index in [1.807, 2.05) is 4.90 Å². The lowest BCUT2D eigenvalue weighted by molar-refractivity contribution is -0.385. The number of hydrogen-bond donors (Lipinski definition) is 0. The predicted molar refractivity (Wildman–Crippen MR) is 119 cm³/mol. The number of amides is 2. The van der Waals surface area contributed by atoms with Gasteiger partial charge in [-0.1, -0.05) is 29.8 Å². The minimum atomic E-state index is -3.92. The number of imide groups is 1. The number of carbonyl (C=O) groups is 2. The molecular formula is C21H21ClN4O6S. The Labute approximate surface area is 195 Å². The number of carbonyl (C=O) groups excluding carboxylic acids is 2. The van der Waals surface area contributed by atoms with Crippen LogP contribution in [0, 0.1) is 10.1 Å². The van der Waals surface area contributed by atoms with Crippen molar-refractivity contribution >= 4 is 39.1 Å². The van der Waals surface area contributed by atoms with Crippen molar-refractivity contribution in [3.05, 3.63) is 69.2 Å². The third-order valence-electron chi connectivity index (χ3n) is 5.85. The molecule has 0 saturated carbocycles. The van der Waals surface area contributed by atoms with Crippen molar-refractivity contribution in [2.24, 2.45) is 0 Å². The van der Waals surface area contributed by atoms with E-state index in [0.29, 0.717) is 5.02 Å². The second-order valence-corrected chi connectivity index (χ2v) is 10.2. The minimum Gasteiger partial charge on any atom is -0.289 e. The number of sulfonamides is 1. The molecule has 0 aliphatic carbocycles. The largest absolute Gasteiger partial charge is 0.289 e. The predicted octanol–water partition coefficient (Wildman–Crippen LogP) is 1.88. The number of hydrogen-bond acceptors (Lipinski definition) is 7. The fourth-order valence-corrected chi connectivity index (χ4v) is 5.64. The normalized spacial score (nSPS) is 20.4. The van der Waals surface area contributed by atoms with Gasteiger partial charge in [-0.3, -0.25) is 29.5 Å². The van der Waals surface area contributed by atoms with Crippen molar-refractivity contribution in [2.75, 3.05) is 26.2 Å². The number of halogens is 1. The Bertz CT molecular complexity index is 1200. The molecule has 2 amide bonds. The molecule has 2 aliphatic rings. The molecule has 2 aliphatic heterocycles.